The van der Waals surface area contributed by atoms with Crippen molar-refractivity contribution in [3.05, 3.63) is 64.4 Å². The van der Waals surface area contributed by atoms with Crippen LogP contribution < -0.4 is 25.2 Å². The fraction of sp³-hybridized carbons (Fsp3) is 0.320. The molecule has 0 atom stereocenters. The van der Waals surface area contributed by atoms with Gasteiger partial charge in [0.2, 0.25) is 5.95 Å². The van der Waals surface area contributed by atoms with E-state index in [4.69, 9.17) is 14.2 Å². The fourth-order valence-electron chi connectivity index (χ4n) is 3.18. The molecule has 2 aromatic carbocycles. The number of methoxy groups -OCH3 is 2. The highest BCUT2D eigenvalue weighted by Crippen LogP contribution is 2.28. The van der Waals surface area contributed by atoms with E-state index in [0.29, 0.717) is 23.8 Å². The number of nitrogens with zero attached hydrogens (tertiary/aromatic N) is 2. The van der Waals surface area contributed by atoms with Crippen LogP contribution in [-0.4, -0.2) is 37.0 Å². The second-order valence-corrected chi connectivity index (χ2v) is 7.40. The number of anilines is 1. The monoisotopic (exact) mass is 450 g/mol. The molecule has 0 amide bonds. The smallest absolute Gasteiger partial charge is 0.252 e. The van der Waals surface area contributed by atoms with Crippen LogP contribution in [0.3, 0.4) is 0 Å². The number of unbranched alkanes of at least 4 members (excludes halogenated alkanes) is 3. The molecule has 1 aromatic heterocycles. The van der Waals surface area contributed by atoms with Crippen molar-refractivity contribution < 1.29 is 14.2 Å². The van der Waals surface area contributed by atoms with Crippen LogP contribution in [-0.2, 0) is 0 Å². The van der Waals surface area contributed by atoms with Crippen LogP contribution in [0, 0.1) is 0 Å². The van der Waals surface area contributed by atoms with Gasteiger partial charge in [-0.2, -0.15) is 5.10 Å². The maximum Gasteiger partial charge on any atom is 0.252 e. The number of benzene rings is 2. The summed E-state index contributed by atoms with van der Waals surface area (Å²) in [7, 11) is 3.21. The molecule has 0 fully saturated rings. The summed E-state index contributed by atoms with van der Waals surface area (Å²) >= 11 is 0. The van der Waals surface area contributed by atoms with Crippen LogP contribution in [0.4, 0.5) is 5.95 Å². The third kappa shape index (κ3) is 7.10. The lowest BCUT2D eigenvalue weighted by Gasteiger charge is -2.11. The number of nitrogens with one attached hydrogen (secondary N) is 2. The summed E-state index contributed by atoms with van der Waals surface area (Å²) in [4.78, 5) is 19.1. The Hall–Kier alpha value is -3.81. The molecule has 0 radical (unpaired) electrons. The van der Waals surface area contributed by atoms with Gasteiger partial charge in [0.05, 0.1) is 32.7 Å². The Morgan fingerprint density at radius 1 is 1.00 bits per heavy atom. The van der Waals surface area contributed by atoms with Crippen molar-refractivity contribution in [1.29, 1.82) is 0 Å². The van der Waals surface area contributed by atoms with Crippen molar-refractivity contribution in [2.24, 2.45) is 5.10 Å². The van der Waals surface area contributed by atoms with E-state index in [1.165, 1.54) is 18.9 Å². The molecule has 0 unspecified atom stereocenters. The third-order valence-electron chi connectivity index (χ3n) is 4.95. The molecule has 0 aliphatic carbocycles. The first-order chi connectivity index (χ1) is 16.1. The summed E-state index contributed by atoms with van der Waals surface area (Å²) in [6.07, 6.45) is 6.20. The Morgan fingerprint density at radius 2 is 1.82 bits per heavy atom. The number of ether oxygens (including phenoxy) is 3. The van der Waals surface area contributed by atoms with Gasteiger partial charge in [-0.1, -0.05) is 26.2 Å². The number of hydrogen-bond donors (Lipinski definition) is 2. The Balaban J connectivity index is 1.65. The number of rotatable bonds is 12. The minimum Gasteiger partial charge on any atom is -0.497 e. The zero-order valence-electron chi connectivity index (χ0n) is 19.3. The highest BCUT2D eigenvalue weighted by atomic mass is 16.5. The first kappa shape index (κ1) is 23.8. The predicted octanol–water partition coefficient (Wildman–Crippen LogP) is 4.86. The van der Waals surface area contributed by atoms with Gasteiger partial charge in [-0.15, -0.1) is 0 Å². The molecule has 174 valence electrons. The van der Waals surface area contributed by atoms with Crippen molar-refractivity contribution in [3.63, 3.8) is 0 Å². The minimum absolute atomic E-state index is 0.239. The van der Waals surface area contributed by atoms with E-state index in [0.717, 1.165) is 29.7 Å². The van der Waals surface area contributed by atoms with E-state index in [-0.39, 0.29) is 11.5 Å². The molecule has 0 aliphatic rings. The van der Waals surface area contributed by atoms with Crippen molar-refractivity contribution >= 4 is 12.2 Å². The maximum atomic E-state index is 12.1. The SMILES string of the molecule is CCCCCCOc1ccc(/C=N\Nc2nc(-c3ccc(OC)cc3)cc(=O)[nH]2)cc1OC. The normalized spacial score (nSPS) is 10.9. The second-order valence-electron chi connectivity index (χ2n) is 7.40. The summed E-state index contributed by atoms with van der Waals surface area (Å²) in [5.74, 6) is 2.32. The number of aromatic amines is 1. The van der Waals surface area contributed by atoms with Crippen molar-refractivity contribution in [2.75, 3.05) is 26.3 Å². The number of H-pyrrole nitrogens is 1. The lowest BCUT2D eigenvalue weighted by atomic mass is 10.1. The Kier molecular flexibility index (Phi) is 8.88. The van der Waals surface area contributed by atoms with Gasteiger partial charge in [-0.3, -0.25) is 9.78 Å². The molecule has 3 rings (SSSR count). The highest BCUT2D eigenvalue weighted by Gasteiger charge is 2.06. The summed E-state index contributed by atoms with van der Waals surface area (Å²) < 4.78 is 16.5. The van der Waals surface area contributed by atoms with Gasteiger partial charge in [-0.05, 0) is 54.4 Å². The molecule has 2 N–H and O–H groups in total. The second kappa shape index (κ2) is 12.3. The van der Waals surface area contributed by atoms with Crippen LogP contribution in [0.2, 0.25) is 0 Å². The quantitative estimate of drug-likeness (QED) is 0.232. The number of aromatic nitrogens is 2. The van der Waals surface area contributed by atoms with Crippen molar-refractivity contribution in [3.8, 4) is 28.5 Å². The molecule has 8 nitrogen and oxygen atoms in total. The van der Waals surface area contributed by atoms with E-state index in [1.807, 2.05) is 42.5 Å². The van der Waals surface area contributed by atoms with Crippen LogP contribution in [0.5, 0.6) is 17.2 Å². The molecule has 0 saturated heterocycles. The molecule has 1 heterocycles. The van der Waals surface area contributed by atoms with Gasteiger partial charge < -0.3 is 14.2 Å². The maximum absolute atomic E-state index is 12.1. The van der Waals surface area contributed by atoms with Gasteiger partial charge in [0, 0.05) is 11.6 Å². The predicted molar refractivity (Wildman–Crippen MR) is 131 cm³/mol. The van der Waals surface area contributed by atoms with E-state index in [1.54, 1.807) is 20.4 Å². The molecule has 0 saturated carbocycles. The first-order valence-electron chi connectivity index (χ1n) is 11.0. The Bertz CT molecular complexity index is 1110. The zero-order valence-corrected chi connectivity index (χ0v) is 19.3. The molecular weight excluding hydrogens is 420 g/mol. The lowest BCUT2D eigenvalue weighted by Crippen LogP contribution is -2.10. The third-order valence-corrected chi connectivity index (χ3v) is 4.95. The summed E-state index contributed by atoms with van der Waals surface area (Å²) in [5, 5.41) is 4.19. The number of hydrogen-bond acceptors (Lipinski definition) is 7. The van der Waals surface area contributed by atoms with Crippen LogP contribution in [0.15, 0.2) is 58.4 Å². The topological polar surface area (TPSA) is 97.8 Å². The van der Waals surface area contributed by atoms with Gasteiger partial charge in [0.1, 0.15) is 5.75 Å². The molecule has 33 heavy (non-hydrogen) atoms. The van der Waals surface area contributed by atoms with E-state index < -0.39 is 0 Å². The van der Waals surface area contributed by atoms with Gasteiger partial charge >= 0.3 is 0 Å². The van der Waals surface area contributed by atoms with E-state index in [2.05, 4.69) is 27.4 Å². The molecule has 3 aromatic rings. The standard InChI is InChI=1S/C25H30N4O4/c1-4-5-6-7-14-33-22-13-8-18(15-23(22)32-3)17-26-29-25-27-21(16-24(30)28-25)19-9-11-20(31-2)12-10-19/h8-13,15-17H,4-7,14H2,1-3H3,(H2,27,28,29,30)/b26-17-. The van der Waals surface area contributed by atoms with Crippen LogP contribution >= 0.6 is 0 Å². The summed E-state index contributed by atoms with van der Waals surface area (Å²) in [6.45, 7) is 2.85. The van der Waals surface area contributed by atoms with Crippen LogP contribution in [0.25, 0.3) is 11.3 Å². The summed E-state index contributed by atoms with van der Waals surface area (Å²) in [5.41, 5.74) is 4.63. The Morgan fingerprint density at radius 3 is 2.55 bits per heavy atom. The van der Waals surface area contributed by atoms with Gasteiger partial charge in [0.25, 0.3) is 5.56 Å². The van der Waals surface area contributed by atoms with Crippen molar-refractivity contribution in [2.45, 2.75) is 32.6 Å². The number of hydrazone groups is 1. The first-order valence-corrected chi connectivity index (χ1v) is 11.0. The van der Waals surface area contributed by atoms with Gasteiger partial charge in [-0.25, -0.2) is 10.4 Å². The largest absolute Gasteiger partial charge is 0.497 e. The molecule has 0 aliphatic heterocycles. The lowest BCUT2D eigenvalue weighted by molar-refractivity contribution is 0.285. The zero-order chi connectivity index (χ0) is 23.5. The van der Waals surface area contributed by atoms with E-state index in [9.17, 15) is 4.79 Å². The summed E-state index contributed by atoms with van der Waals surface area (Å²) in [6, 6.07) is 14.3. The Labute approximate surface area is 193 Å². The fourth-order valence-corrected chi connectivity index (χ4v) is 3.18. The highest BCUT2D eigenvalue weighted by molar-refractivity contribution is 5.81. The molecule has 0 spiro atoms. The van der Waals surface area contributed by atoms with Gasteiger partial charge in [0.15, 0.2) is 11.5 Å². The van der Waals surface area contributed by atoms with Crippen LogP contribution in [0.1, 0.15) is 38.2 Å². The van der Waals surface area contributed by atoms with E-state index >= 15 is 0 Å². The molecular formula is C25H30N4O4. The average molecular weight is 451 g/mol. The molecule has 8 heteroatoms. The average Bonchev–Trinajstić information content (AvgIpc) is 2.84. The minimum atomic E-state index is -0.282. The molecule has 0 bridgehead atoms. The van der Waals surface area contributed by atoms with Crippen molar-refractivity contribution in [1.82, 2.24) is 9.97 Å².